The average molecular weight is 305 g/mol. The van der Waals surface area contributed by atoms with E-state index in [1.807, 2.05) is 30.3 Å². The van der Waals surface area contributed by atoms with E-state index < -0.39 is 0 Å². The van der Waals surface area contributed by atoms with Crippen molar-refractivity contribution in [3.05, 3.63) is 46.3 Å². The minimum Gasteiger partial charge on any atom is -0.484 e. The average Bonchev–Trinajstić information content (AvgIpc) is 2.38. The number of nitriles is 1. The summed E-state index contributed by atoms with van der Waals surface area (Å²) in [6.45, 7) is 0.193. The van der Waals surface area contributed by atoms with Gasteiger partial charge in [-0.05, 0) is 28.1 Å². The van der Waals surface area contributed by atoms with Crippen LogP contribution in [0.4, 0.5) is 5.82 Å². The Morgan fingerprint density at radius 1 is 1.39 bits per heavy atom. The van der Waals surface area contributed by atoms with Gasteiger partial charge in [0.25, 0.3) is 0 Å². The van der Waals surface area contributed by atoms with Crippen LogP contribution < -0.4 is 10.5 Å². The normalized spacial score (nSPS) is 9.78. The molecule has 2 aromatic rings. The van der Waals surface area contributed by atoms with Crippen molar-refractivity contribution in [1.29, 1.82) is 5.26 Å². The van der Waals surface area contributed by atoms with Crippen molar-refractivity contribution >= 4 is 21.7 Å². The monoisotopic (exact) mass is 304 g/mol. The molecule has 0 fully saturated rings. The highest BCUT2D eigenvalue weighted by molar-refractivity contribution is 9.10. The van der Waals surface area contributed by atoms with Gasteiger partial charge in [-0.25, -0.2) is 9.97 Å². The van der Waals surface area contributed by atoms with Gasteiger partial charge in [-0.1, -0.05) is 12.1 Å². The molecule has 2 rings (SSSR count). The minimum absolute atomic E-state index is 0.165. The Morgan fingerprint density at radius 2 is 2.17 bits per heavy atom. The molecule has 1 heterocycles. The third kappa shape index (κ3) is 2.76. The van der Waals surface area contributed by atoms with Crippen LogP contribution in [0.25, 0.3) is 0 Å². The summed E-state index contributed by atoms with van der Waals surface area (Å²) in [5, 5.41) is 8.71. The fraction of sp³-hybridized carbons (Fsp3) is 0.0833. The first-order valence-corrected chi connectivity index (χ1v) is 5.89. The van der Waals surface area contributed by atoms with E-state index in [0.29, 0.717) is 11.6 Å². The largest absolute Gasteiger partial charge is 0.484 e. The highest BCUT2D eigenvalue weighted by Crippen LogP contribution is 2.24. The molecule has 0 radical (unpaired) electrons. The Labute approximate surface area is 112 Å². The summed E-state index contributed by atoms with van der Waals surface area (Å²) in [4.78, 5) is 7.99. The number of ether oxygens (including phenoxy) is 1. The van der Waals surface area contributed by atoms with Crippen molar-refractivity contribution in [2.45, 2.75) is 6.61 Å². The lowest BCUT2D eigenvalue weighted by Gasteiger charge is -2.07. The molecule has 0 saturated heterocycles. The molecule has 90 valence electrons. The fourth-order valence-electron chi connectivity index (χ4n) is 1.29. The van der Waals surface area contributed by atoms with E-state index in [1.54, 1.807) is 0 Å². The van der Waals surface area contributed by atoms with E-state index in [1.165, 1.54) is 6.20 Å². The maximum Gasteiger partial charge on any atom is 0.168 e. The molecule has 2 N–H and O–H groups in total. The molecule has 0 atom stereocenters. The topological polar surface area (TPSA) is 84.8 Å². The number of nitrogens with two attached hydrogens (primary N) is 1. The van der Waals surface area contributed by atoms with Crippen molar-refractivity contribution in [2.75, 3.05) is 5.73 Å². The summed E-state index contributed by atoms with van der Waals surface area (Å²) in [6.07, 6.45) is 1.39. The Hall–Kier alpha value is -2.13. The first-order chi connectivity index (χ1) is 8.70. The van der Waals surface area contributed by atoms with Crippen LogP contribution in [0.2, 0.25) is 0 Å². The van der Waals surface area contributed by atoms with Gasteiger partial charge in [0, 0.05) is 0 Å². The van der Waals surface area contributed by atoms with Crippen LogP contribution in [-0.2, 0) is 6.61 Å². The molecule has 0 amide bonds. The molecule has 18 heavy (non-hydrogen) atoms. The quantitative estimate of drug-likeness (QED) is 0.940. The number of aromatic nitrogens is 2. The molecule has 0 aliphatic rings. The van der Waals surface area contributed by atoms with Crippen LogP contribution in [0.5, 0.6) is 5.75 Å². The number of benzene rings is 1. The van der Waals surface area contributed by atoms with Crippen molar-refractivity contribution in [3.63, 3.8) is 0 Å². The van der Waals surface area contributed by atoms with E-state index in [9.17, 15) is 0 Å². The summed E-state index contributed by atoms with van der Waals surface area (Å²) in [5.41, 5.74) is 5.86. The number of halogens is 1. The summed E-state index contributed by atoms with van der Waals surface area (Å²) < 4.78 is 6.39. The Balaban J connectivity index is 2.10. The van der Waals surface area contributed by atoms with Gasteiger partial charge in [0.15, 0.2) is 5.82 Å². The highest BCUT2D eigenvalue weighted by Gasteiger charge is 2.05. The molecule has 0 spiro atoms. The van der Waals surface area contributed by atoms with Gasteiger partial charge in [0.1, 0.15) is 29.8 Å². The van der Waals surface area contributed by atoms with Gasteiger partial charge < -0.3 is 10.5 Å². The predicted octanol–water partition coefficient (Wildman–Crippen LogP) is 2.27. The third-order valence-corrected chi connectivity index (χ3v) is 2.84. The molecule has 0 aliphatic carbocycles. The zero-order valence-corrected chi connectivity index (χ0v) is 10.9. The number of rotatable bonds is 3. The standard InChI is InChI=1S/C12H9BrN4O/c13-9-3-1-2-4-10(9)18-7-11-16-6-8(5-14)12(15)17-11/h1-4,6H,7H2,(H2,15,16,17). The van der Waals surface area contributed by atoms with E-state index >= 15 is 0 Å². The lowest BCUT2D eigenvalue weighted by atomic mass is 10.3. The molecule has 6 heteroatoms. The van der Waals surface area contributed by atoms with Crippen molar-refractivity contribution in [2.24, 2.45) is 0 Å². The number of nitrogens with zero attached hydrogens (tertiary/aromatic N) is 3. The Bertz CT molecular complexity index is 609. The molecular formula is C12H9BrN4O. The van der Waals surface area contributed by atoms with Crippen LogP contribution in [0.1, 0.15) is 11.4 Å². The first-order valence-electron chi connectivity index (χ1n) is 5.09. The predicted molar refractivity (Wildman–Crippen MR) is 69.6 cm³/mol. The fourth-order valence-corrected chi connectivity index (χ4v) is 1.69. The third-order valence-electron chi connectivity index (χ3n) is 2.18. The van der Waals surface area contributed by atoms with Crippen molar-refractivity contribution < 1.29 is 4.74 Å². The Kier molecular flexibility index (Phi) is 3.75. The van der Waals surface area contributed by atoms with E-state index in [-0.39, 0.29) is 18.0 Å². The second kappa shape index (κ2) is 5.47. The number of para-hydroxylation sites is 1. The van der Waals surface area contributed by atoms with Crippen LogP contribution in [0.3, 0.4) is 0 Å². The maximum atomic E-state index is 8.71. The molecule has 0 bridgehead atoms. The molecular weight excluding hydrogens is 296 g/mol. The van der Waals surface area contributed by atoms with Crippen LogP contribution in [0.15, 0.2) is 34.9 Å². The van der Waals surface area contributed by atoms with Crippen molar-refractivity contribution in [3.8, 4) is 11.8 Å². The van der Waals surface area contributed by atoms with Gasteiger partial charge >= 0.3 is 0 Å². The minimum atomic E-state index is 0.165. The summed E-state index contributed by atoms with van der Waals surface area (Å²) in [6, 6.07) is 9.38. The molecule has 0 unspecified atom stereocenters. The van der Waals surface area contributed by atoms with E-state index in [2.05, 4.69) is 25.9 Å². The van der Waals surface area contributed by atoms with Gasteiger partial charge in [-0.3, -0.25) is 0 Å². The van der Waals surface area contributed by atoms with Gasteiger partial charge in [-0.15, -0.1) is 0 Å². The SMILES string of the molecule is N#Cc1cnc(COc2ccccc2Br)nc1N. The summed E-state index contributed by atoms with van der Waals surface area (Å²) in [7, 11) is 0. The summed E-state index contributed by atoms with van der Waals surface area (Å²) >= 11 is 3.37. The molecule has 1 aromatic carbocycles. The number of anilines is 1. The molecule has 5 nitrogen and oxygen atoms in total. The lowest BCUT2D eigenvalue weighted by molar-refractivity contribution is 0.294. The molecule has 1 aromatic heterocycles. The van der Waals surface area contributed by atoms with Crippen LogP contribution in [0, 0.1) is 11.3 Å². The highest BCUT2D eigenvalue weighted by atomic mass is 79.9. The smallest absolute Gasteiger partial charge is 0.168 e. The number of nitrogen functional groups attached to an aromatic ring is 1. The maximum absolute atomic E-state index is 8.71. The van der Waals surface area contributed by atoms with Crippen molar-refractivity contribution in [1.82, 2.24) is 9.97 Å². The van der Waals surface area contributed by atoms with Gasteiger partial charge in [0.2, 0.25) is 0 Å². The summed E-state index contributed by atoms with van der Waals surface area (Å²) in [5.74, 6) is 1.30. The van der Waals surface area contributed by atoms with Crippen LogP contribution >= 0.6 is 15.9 Å². The number of hydrogen-bond donors (Lipinski definition) is 1. The first kappa shape index (κ1) is 12.3. The zero-order chi connectivity index (χ0) is 13.0. The van der Waals surface area contributed by atoms with E-state index in [0.717, 1.165) is 4.47 Å². The van der Waals surface area contributed by atoms with Gasteiger partial charge in [-0.2, -0.15) is 5.26 Å². The van der Waals surface area contributed by atoms with Gasteiger partial charge in [0.05, 0.1) is 10.7 Å². The zero-order valence-electron chi connectivity index (χ0n) is 9.30. The molecule has 0 saturated carbocycles. The number of hydrogen-bond acceptors (Lipinski definition) is 5. The second-order valence-corrected chi connectivity index (χ2v) is 4.27. The molecule has 0 aliphatic heterocycles. The lowest BCUT2D eigenvalue weighted by Crippen LogP contribution is -2.05. The second-order valence-electron chi connectivity index (χ2n) is 3.42. The van der Waals surface area contributed by atoms with E-state index in [4.69, 9.17) is 15.7 Å². The van der Waals surface area contributed by atoms with Crippen LogP contribution in [-0.4, -0.2) is 9.97 Å². The Morgan fingerprint density at radius 3 is 2.83 bits per heavy atom.